The van der Waals surface area contributed by atoms with E-state index in [4.69, 9.17) is 10.5 Å². The van der Waals surface area contributed by atoms with Gasteiger partial charge in [0.2, 0.25) is 0 Å². The Morgan fingerprint density at radius 1 is 0.900 bits per heavy atom. The van der Waals surface area contributed by atoms with Crippen LogP contribution in [0.3, 0.4) is 0 Å². The number of hydrogen-bond donors (Lipinski definition) is 1. The predicted molar refractivity (Wildman–Crippen MR) is 79.6 cm³/mol. The lowest BCUT2D eigenvalue weighted by Gasteiger charge is -2.26. The minimum Gasteiger partial charge on any atom is -1.00 e. The SMILES string of the molecule is CC(C)(c1ccccc1)c1ccc(OCCN)cc1.[Cl-]. The molecule has 0 spiro atoms. The van der Waals surface area contributed by atoms with Gasteiger partial charge in [0.15, 0.2) is 0 Å². The highest BCUT2D eigenvalue weighted by Crippen LogP contribution is 2.32. The molecule has 0 unspecified atom stereocenters. The summed E-state index contributed by atoms with van der Waals surface area (Å²) in [5, 5.41) is 0. The Hall–Kier alpha value is -1.51. The Morgan fingerprint density at radius 3 is 2.00 bits per heavy atom. The molecule has 2 nitrogen and oxygen atoms in total. The minimum atomic E-state index is -0.00629. The molecule has 0 aliphatic heterocycles. The highest BCUT2D eigenvalue weighted by molar-refractivity contribution is 5.39. The van der Waals surface area contributed by atoms with Gasteiger partial charge in [-0.25, -0.2) is 0 Å². The molecular weight excluding hydrogens is 270 g/mol. The third-order valence-electron chi connectivity index (χ3n) is 3.46. The fourth-order valence-corrected chi connectivity index (χ4v) is 2.17. The summed E-state index contributed by atoms with van der Waals surface area (Å²) in [5.74, 6) is 0.873. The number of ether oxygens (including phenoxy) is 1. The Morgan fingerprint density at radius 2 is 1.45 bits per heavy atom. The quantitative estimate of drug-likeness (QED) is 0.863. The van der Waals surface area contributed by atoms with Gasteiger partial charge in [0.25, 0.3) is 0 Å². The first kappa shape index (κ1) is 16.5. The van der Waals surface area contributed by atoms with Crippen molar-refractivity contribution in [3.05, 3.63) is 65.7 Å². The van der Waals surface area contributed by atoms with E-state index in [1.807, 2.05) is 18.2 Å². The smallest absolute Gasteiger partial charge is 0.119 e. The van der Waals surface area contributed by atoms with E-state index in [-0.39, 0.29) is 17.8 Å². The highest BCUT2D eigenvalue weighted by atomic mass is 35.5. The number of benzene rings is 2. The molecule has 108 valence electrons. The average Bonchev–Trinajstić information content (AvgIpc) is 2.46. The van der Waals surface area contributed by atoms with Gasteiger partial charge in [0.05, 0.1) is 0 Å². The molecule has 2 N–H and O–H groups in total. The summed E-state index contributed by atoms with van der Waals surface area (Å²) in [7, 11) is 0. The molecule has 0 aliphatic carbocycles. The summed E-state index contributed by atoms with van der Waals surface area (Å²) in [6.07, 6.45) is 0. The zero-order valence-electron chi connectivity index (χ0n) is 12.0. The van der Waals surface area contributed by atoms with Crippen LogP contribution < -0.4 is 22.9 Å². The molecule has 0 atom stereocenters. The number of rotatable bonds is 5. The number of halogens is 1. The molecule has 3 heteroatoms. The van der Waals surface area contributed by atoms with Crippen molar-refractivity contribution in [2.75, 3.05) is 13.2 Å². The van der Waals surface area contributed by atoms with E-state index in [1.54, 1.807) is 0 Å². The molecule has 0 bridgehead atoms. The van der Waals surface area contributed by atoms with Crippen LogP contribution in [0.2, 0.25) is 0 Å². The molecular formula is C17H21ClNO-. The lowest BCUT2D eigenvalue weighted by Crippen LogP contribution is -3.00. The van der Waals surface area contributed by atoms with Crippen molar-refractivity contribution in [3.63, 3.8) is 0 Å². The Bertz CT molecular complexity index is 508. The van der Waals surface area contributed by atoms with E-state index >= 15 is 0 Å². The molecule has 20 heavy (non-hydrogen) atoms. The van der Waals surface area contributed by atoms with Gasteiger partial charge in [-0.2, -0.15) is 0 Å². The summed E-state index contributed by atoms with van der Waals surface area (Å²) in [6, 6.07) is 18.8. The van der Waals surface area contributed by atoms with Crippen LogP contribution in [0.1, 0.15) is 25.0 Å². The van der Waals surface area contributed by atoms with Crippen LogP contribution in [-0.2, 0) is 5.41 Å². The summed E-state index contributed by atoms with van der Waals surface area (Å²) >= 11 is 0. The molecule has 0 heterocycles. The second kappa shape index (κ2) is 7.32. The van der Waals surface area contributed by atoms with E-state index in [0.29, 0.717) is 13.2 Å². The Balaban J connectivity index is 0.00000200. The maximum absolute atomic E-state index is 5.50. The summed E-state index contributed by atoms with van der Waals surface area (Å²) in [4.78, 5) is 0. The number of nitrogens with two attached hydrogens (primary N) is 1. The zero-order chi connectivity index (χ0) is 13.7. The van der Waals surface area contributed by atoms with E-state index < -0.39 is 0 Å². The van der Waals surface area contributed by atoms with Crippen molar-refractivity contribution in [1.29, 1.82) is 0 Å². The van der Waals surface area contributed by atoms with Crippen molar-refractivity contribution >= 4 is 0 Å². The molecule has 0 aromatic heterocycles. The average molecular weight is 291 g/mol. The van der Waals surface area contributed by atoms with Crippen LogP contribution >= 0.6 is 0 Å². The second-order valence-electron chi connectivity index (χ2n) is 5.15. The first-order valence-electron chi connectivity index (χ1n) is 6.63. The van der Waals surface area contributed by atoms with Crippen LogP contribution in [0.15, 0.2) is 54.6 Å². The minimum absolute atomic E-state index is 0. The largest absolute Gasteiger partial charge is 1.00 e. The first-order valence-corrected chi connectivity index (χ1v) is 6.63. The fourth-order valence-electron chi connectivity index (χ4n) is 2.17. The van der Waals surface area contributed by atoms with E-state index in [2.05, 4.69) is 50.2 Å². The van der Waals surface area contributed by atoms with Crippen LogP contribution in [0.5, 0.6) is 5.75 Å². The third-order valence-corrected chi connectivity index (χ3v) is 3.46. The predicted octanol–water partition coefficient (Wildman–Crippen LogP) is 0.354. The van der Waals surface area contributed by atoms with Gasteiger partial charge < -0.3 is 22.9 Å². The summed E-state index contributed by atoms with van der Waals surface area (Å²) in [6.45, 7) is 5.56. The fraction of sp³-hybridized carbons (Fsp3) is 0.294. The molecule has 0 amide bonds. The van der Waals surface area contributed by atoms with Gasteiger partial charge in [-0.15, -0.1) is 0 Å². The van der Waals surface area contributed by atoms with Gasteiger partial charge >= 0.3 is 0 Å². The normalized spacial score (nSPS) is 10.8. The van der Waals surface area contributed by atoms with E-state index in [1.165, 1.54) is 11.1 Å². The second-order valence-corrected chi connectivity index (χ2v) is 5.15. The van der Waals surface area contributed by atoms with Crippen LogP contribution in [0, 0.1) is 0 Å². The van der Waals surface area contributed by atoms with Crippen LogP contribution in [0.4, 0.5) is 0 Å². The lowest BCUT2D eigenvalue weighted by atomic mass is 9.78. The Kier molecular flexibility index (Phi) is 6.05. The summed E-state index contributed by atoms with van der Waals surface area (Å²) < 4.78 is 5.50. The maximum atomic E-state index is 5.50. The molecule has 0 saturated carbocycles. The summed E-state index contributed by atoms with van der Waals surface area (Å²) in [5.41, 5.74) is 8.01. The van der Waals surface area contributed by atoms with Crippen molar-refractivity contribution in [1.82, 2.24) is 0 Å². The molecule has 0 radical (unpaired) electrons. The van der Waals surface area contributed by atoms with Gasteiger partial charge in [0.1, 0.15) is 12.4 Å². The van der Waals surface area contributed by atoms with Crippen molar-refractivity contribution in [2.24, 2.45) is 5.73 Å². The van der Waals surface area contributed by atoms with Crippen LogP contribution in [-0.4, -0.2) is 13.2 Å². The molecule has 2 aromatic rings. The zero-order valence-corrected chi connectivity index (χ0v) is 12.7. The molecule has 0 fully saturated rings. The van der Waals surface area contributed by atoms with Gasteiger partial charge in [-0.3, -0.25) is 0 Å². The highest BCUT2D eigenvalue weighted by Gasteiger charge is 2.22. The van der Waals surface area contributed by atoms with Crippen molar-refractivity contribution in [3.8, 4) is 5.75 Å². The van der Waals surface area contributed by atoms with Gasteiger partial charge in [-0.1, -0.05) is 56.3 Å². The first-order chi connectivity index (χ1) is 9.14. The number of hydrogen-bond acceptors (Lipinski definition) is 2. The topological polar surface area (TPSA) is 35.2 Å². The van der Waals surface area contributed by atoms with Gasteiger partial charge in [-0.05, 0) is 23.3 Å². The van der Waals surface area contributed by atoms with E-state index in [0.717, 1.165) is 5.75 Å². The standard InChI is InChI=1S/C17H21NO.ClH/c1-17(2,14-6-4-3-5-7-14)15-8-10-16(11-9-15)19-13-12-18;/h3-11H,12-13,18H2,1-2H3;1H/p-1. The Labute approximate surface area is 127 Å². The van der Waals surface area contributed by atoms with Crippen molar-refractivity contribution < 1.29 is 17.1 Å². The third kappa shape index (κ3) is 3.75. The van der Waals surface area contributed by atoms with Gasteiger partial charge in [0, 0.05) is 12.0 Å². The molecule has 2 aromatic carbocycles. The van der Waals surface area contributed by atoms with E-state index in [9.17, 15) is 0 Å². The maximum Gasteiger partial charge on any atom is 0.119 e. The monoisotopic (exact) mass is 290 g/mol. The molecule has 0 aliphatic rings. The van der Waals surface area contributed by atoms with Crippen molar-refractivity contribution in [2.45, 2.75) is 19.3 Å². The lowest BCUT2D eigenvalue weighted by molar-refractivity contribution is -0.00000456. The molecule has 0 saturated heterocycles. The molecule has 2 rings (SSSR count). The van der Waals surface area contributed by atoms with Crippen LogP contribution in [0.25, 0.3) is 0 Å².